The first kappa shape index (κ1) is 8.44. The number of hydrogen-bond acceptors (Lipinski definition) is 2. The van der Waals surface area contributed by atoms with Crippen LogP contribution in [0.2, 0.25) is 0 Å². The molecular formula is C9H15NO. The molecule has 0 bridgehead atoms. The van der Waals surface area contributed by atoms with Crippen LogP contribution >= 0.6 is 0 Å². The van der Waals surface area contributed by atoms with Crippen molar-refractivity contribution in [2.24, 2.45) is 5.18 Å². The highest BCUT2D eigenvalue weighted by atomic mass is 16.3. The van der Waals surface area contributed by atoms with Gasteiger partial charge in [0.1, 0.15) is 5.54 Å². The molecule has 0 aromatic heterocycles. The van der Waals surface area contributed by atoms with Gasteiger partial charge in [-0.1, -0.05) is 30.2 Å². The molecule has 2 nitrogen and oxygen atoms in total. The fourth-order valence-electron chi connectivity index (χ4n) is 1.42. The summed E-state index contributed by atoms with van der Waals surface area (Å²) in [4.78, 5) is 10.4. The summed E-state index contributed by atoms with van der Waals surface area (Å²) in [6.07, 6.45) is 9.67. The van der Waals surface area contributed by atoms with Gasteiger partial charge in [0.2, 0.25) is 0 Å². The van der Waals surface area contributed by atoms with E-state index in [1.54, 1.807) is 0 Å². The van der Waals surface area contributed by atoms with E-state index in [4.69, 9.17) is 0 Å². The highest BCUT2D eigenvalue weighted by molar-refractivity contribution is 5.04. The molecule has 0 saturated carbocycles. The quantitative estimate of drug-likeness (QED) is 0.420. The van der Waals surface area contributed by atoms with Crippen molar-refractivity contribution >= 4 is 0 Å². The largest absolute Gasteiger partial charge is 0.150 e. The second-order valence-electron chi connectivity index (χ2n) is 3.45. The third-order valence-electron chi connectivity index (χ3n) is 2.24. The smallest absolute Gasteiger partial charge is 0.118 e. The molecule has 0 spiro atoms. The van der Waals surface area contributed by atoms with E-state index in [1.165, 1.54) is 12.8 Å². The van der Waals surface area contributed by atoms with Gasteiger partial charge in [-0.25, -0.2) is 0 Å². The predicted octanol–water partition coefficient (Wildman–Crippen LogP) is 3.03. The molecule has 62 valence electrons. The van der Waals surface area contributed by atoms with Crippen molar-refractivity contribution in [3.8, 4) is 0 Å². The Hall–Kier alpha value is -0.660. The molecule has 0 radical (unpaired) electrons. The lowest BCUT2D eigenvalue weighted by Crippen LogP contribution is -2.18. The Labute approximate surface area is 67.7 Å². The van der Waals surface area contributed by atoms with Crippen molar-refractivity contribution in [3.05, 3.63) is 17.1 Å². The summed E-state index contributed by atoms with van der Waals surface area (Å²) in [5.74, 6) is 0. The van der Waals surface area contributed by atoms with Gasteiger partial charge in [0.05, 0.1) is 0 Å². The zero-order valence-electron chi connectivity index (χ0n) is 7.05. The molecule has 1 atom stereocenters. The van der Waals surface area contributed by atoms with Crippen molar-refractivity contribution in [3.63, 3.8) is 0 Å². The average molecular weight is 153 g/mol. The first-order valence-electron chi connectivity index (χ1n) is 4.29. The molecule has 0 aromatic rings. The van der Waals surface area contributed by atoms with Crippen LogP contribution in [-0.4, -0.2) is 5.54 Å². The maximum absolute atomic E-state index is 10.4. The molecule has 2 heteroatoms. The Morgan fingerprint density at radius 2 is 2.18 bits per heavy atom. The van der Waals surface area contributed by atoms with Crippen molar-refractivity contribution in [2.75, 3.05) is 0 Å². The monoisotopic (exact) mass is 153 g/mol. The minimum atomic E-state index is -0.416. The van der Waals surface area contributed by atoms with Crippen LogP contribution in [0.1, 0.15) is 39.0 Å². The molecule has 0 saturated heterocycles. The van der Waals surface area contributed by atoms with Gasteiger partial charge in [-0.05, 0) is 26.2 Å². The molecule has 0 amide bonds. The minimum Gasteiger partial charge on any atom is -0.150 e. The molecule has 11 heavy (non-hydrogen) atoms. The minimum absolute atomic E-state index is 0.416. The molecule has 1 aliphatic carbocycles. The number of hydrogen-bond donors (Lipinski definition) is 0. The van der Waals surface area contributed by atoms with E-state index in [0.29, 0.717) is 0 Å². The molecule has 0 aromatic carbocycles. The van der Waals surface area contributed by atoms with Crippen molar-refractivity contribution in [1.29, 1.82) is 0 Å². The third kappa shape index (κ3) is 2.45. The van der Waals surface area contributed by atoms with Crippen LogP contribution in [0.5, 0.6) is 0 Å². The first-order chi connectivity index (χ1) is 5.27. The van der Waals surface area contributed by atoms with E-state index in [-0.39, 0.29) is 0 Å². The van der Waals surface area contributed by atoms with Gasteiger partial charge in [0, 0.05) is 0 Å². The van der Waals surface area contributed by atoms with Crippen molar-refractivity contribution < 1.29 is 0 Å². The highest BCUT2D eigenvalue weighted by Gasteiger charge is 2.21. The van der Waals surface area contributed by atoms with Gasteiger partial charge in [0.15, 0.2) is 0 Å². The summed E-state index contributed by atoms with van der Waals surface area (Å²) in [7, 11) is 0. The van der Waals surface area contributed by atoms with E-state index < -0.39 is 5.54 Å². The molecule has 0 N–H and O–H groups in total. The fraction of sp³-hybridized carbons (Fsp3) is 0.778. The Balaban J connectivity index is 2.61. The number of nitroso groups, excluding NO2 is 1. The zero-order chi connectivity index (χ0) is 8.16. The maximum Gasteiger partial charge on any atom is 0.118 e. The molecule has 1 aliphatic rings. The van der Waals surface area contributed by atoms with Gasteiger partial charge in [0.25, 0.3) is 0 Å². The third-order valence-corrected chi connectivity index (χ3v) is 2.24. The zero-order valence-corrected chi connectivity index (χ0v) is 7.05. The summed E-state index contributed by atoms with van der Waals surface area (Å²) in [5.41, 5.74) is -0.416. The van der Waals surface area contributed by atoms with Gasteiger partial charge >= 0.3 is 0 Å². The van der Waals surface area contributed by atoms with Crippen LogP contribution in [0.3, 0.4) is 0 Å². The van der Waals surface area contributed by atoms with Crippen LogP contribution in [0, 0.1) is 4.91 Å². The van der Waals surface area contributed by atoms with Gasteiger partial charge in [-0.15, -0.1) is 4.91 Å². The topological polar surface area (TPSA) is 29.4 Å². The number of allylic oxidation sites excluding steroid dienone is 1. The molecule has 0 heterocycles. The van der Waals surface area contributed by atoms with Crippen LogP contribution in [0.15, 0.2) is 17.3 Å². The van der Waals surface area contributed by atoms with Crippen molar-refractivity contribution in [2.45, 2.75) is 44.6 Å². The Kier molecular flexibility index (Phi) is 2.80. The molecular weight excluding hydrogens is 138 g/mol. The number of nitrogens with zero attached hydrogens (tertiary/aromatic N) is 1. The predicted molar refractivity (Wildman–Crippen MR) is 46.4 cm³/mol. The van der Waals surface area contributed by atoms with E-state index in [1.807, 2.05) is 13.0 Å². The summed E-state index contributed by atoms with van der Waals surface area (Å²) >= 11 is 0. The van der Waals surface area contributed by atoms with Gasteiger partial charge in [-0.2, -0.15) is 0 Å². The van der Waals surface area contributed by atoms with E-state index >= 15 is 0 Å². The summed E-state index contributed by atoms with van der Waals surface area (Å²) in [6.45, 7) is 1.90. The van der Waals surface area contributed by atoms with E-state index in [9.17, 15) is 4.91 Å². The average Bonchev–Trinajstić information content (AvgIpc) is 1.98. The highest BCUT2D eigenvalue weighted by Crippen LogP contribution is 2.23. The van der Waals surface area contributed by atoms with Gasteiger partial charge in [-0.3, -0.25) is 0 Å². The molecule has 1 unspecified atom stereocenters. The second kappa shape index (κ2) is 3.65. The summed E-state index contributed by atoms with van der Waals surface area (Å²) in [6, 6.07) is 0. The van der Waals surface area contributed by atoms with Crippen LogP contribution in [0.4, 0.5) is 0 Å². The lowest BCUT2D eigenvalue weighted by Gasteiger charge is -2.18. The van der Waals surface area contributed by atoms with Crippen LogP contribution < -0.4 is 0 Å². The number of rotatable bonds is 1. The molecule has 1 rings (SSSR count). The lowest BCUT2D eigenvalue weighted by molar-refractivity contribution is 0.479. The standard InChI is InChI=1S/C9H15NO/c1-9(10-11)7-5-3-2-4-6-8-9/h5,7H,2-4,6,8H2,1H3/b7-5-. The summed E-state index contributed by atoms with van der Waals surface area (Å²) < 4.78 is 0. The van der Waals surface area contributed by atoms with E-state index in [0.717, 1.165) is 19.3 Å². The van der Waals surface area contributed by atoms with Gasteiger partial charge < -0.3 is 0 Å². The lowest BCUT2D eigenvalue weighted by atomic mass is 9.92. The fourth-order valence-corrected chi connectivity index (χ4v) is 1.42. The van der Waals surface area contributed by atoms with Crippen molar-refractivity contribution in [1.82, 2.24) is 0 Å². The normalized spacial score (nSPS) is 35.4. The van der Waals surface area contributed by atoms with E-state index in [2.05, 4.69) is 11.3 Å². The Morgan fingerprint density at radius 3 is 2.91 bits per heavy atom. The van der Waals surface area contributed by atoms with Crippen LogP contribution in [0.25, 0.3) is 0 Å². The van der Waals surface area contributed by atoms with Crippen LogP contribution in [-0.2, 0) is 0 Å². The molecule has 0 fully saturated rings. The SMILES string of the molecule is CC1(N=O)/C=C\CCCCC1. The second-order valence-corrected chi connectivity index (χ2v) is 3.45. The summed E-state index contributed by atoms with van der Waals surface area (Å²) in [5, 5.41) is 3.14. The first-order valence-corrected chi connectivity index (χ1v) is 4.29. The maximum atomic E-state index is 10.4. The Morgan fingerprint density at radius 1 is 1.36 bits per heavy atom. The Bertz CT molecular complexity index is 165. The molecule has 0 aliphatic heterocycles.